The maximum atomic E-state index is 9.83. The Morgan fingerprint density at radius 2 is 2.35 bits per heavy atom. The highest BCUT2D eigenvalue weighted by Gasteiger charge is 2.10. The van der Waals surface area contributed by atoms with Gasteiger partial charge in [0.05, 0.1) is 0 Å². The first-order valence-corrected chi connectivity index (χ1v) is 6.17. The highest BCUT2D eigenvalue weighted by Crippen LogP contribution is 2.16. The van der Waals surface area contributed by atoms with Gasteiger partial charge in [-0.15, -0.1) is 0 Å². The van der Waals surface area contributed by atoms with Crippen LogP contribution in [0.5, 0.6) is 0 Å². The molecule has 17 heavy (non-hydrogen) atoms. The Labute approximate surface area is 111 Å². The van der Waals surface area contributed by atoms with E-state index in [1.807, 2.05) is 24.3 Å². The van der Waals surface area contributed by atoms with E-state index in [1.165, 1.54) is 0 Å². The third-order valence-electron chi connectivity index (χ3n) is 2.16. The molecule has 2 rings (SSSR count). The first-order chi connectivity index (χ1) is 8.15. The normalized spacial score (nSPS) is 12.4. The second kappa shape index (κ2) is 5.44. The number of rotatable bonds is 4. The molecule has 1 atom stereocenters. The molecule has 0 radical (unpaired) electrons. The first kappa shape index (κ1) is 12.3. The molecule has 1 unspecified atom stereocenters. The van der Waals surface area contributed by atoms with Gasteiger partial charge in [0.2, 0.25) is 0 Å². The van der Waals surface area contributed by atoms with Gasteiger partial charge < -0.3 is 15.4 Å². The van der Waals surface area contributed by atoms with E-state index in [2.05, 4.69) is 36.4 Å². The van der Waals surface area contributed by atoms with Crippen molar-refractivity contribution in [3.63, 3.8) is 0 Å². The molecular formula is C10H11BrN4OS. The van der Waals surface area contributed by atoms with Crippen LogP contribution in [0.4, 0.5) is 5.69 Å². The zero-order valence-corrected chi connectivity index (χ0v) is 11.2. The smallest absolute Gasteiger partial charge is 0.192 e. The van der Waals surface area contributed by atoms with Crippen molar-refractivity contribution in [2.24, 2.45) is 0 Å². The number of hydrogen-bond donors (Lipinski definition) is 4. The Balaban J connectivity index is 1.96. The van der Waals surface area contributed by atoms with Crippen LogP contribution in [0.25, 0.3) is 0 Å². The van der Waals surface area contributed by atoms with E-state index in [-0.39, 0.29) is 0 Å². The Morgan fingerprint density at radius 1 is 1.53 bits per heavy atom. The molecule has 0 aliphatic carbocycles. The second-order valence-corrected chi connectivity index (χ2v) is 4.79. The molecule has 0 fully saturated rings. The zero-order chi connectivity index (χ0) is 12.3. The minimum absolute atomic E-state index is 0.354. The lowest BCUT2D eigenvalue weighted by atomic mass is 10.3. The van der Waals surface area contributed by atoms with Crippen LogP contribution in [-0.2, 0) is 0 Å². The van der Waals surface area contributed by atoms with E-state index in [0.717, 1.165) is 10.2 Å². The number of hydrogen-bond acceptors (Lipinski definition) is 4. The molecule has 5 nitrogen and oxygen atoms in total. The van der Waals surface area contributed by atoms with Crippen LogP contribution in [0.3, 0.4) is 0 Å². The molecule has 0 saturated heterocycles. The molecule has 0 bridgehead atoms. The maximum Gasteiger partial charge on any atom is 0.192 e. The molecule has 1 aromatic carbocycles. The fourth-order valence-electron chi connectivity index (χ4n) is 1.35. The molecule has 4 N–H and O–H groups in total. The molecule has 0 aliphatic heterocycles. The quantitative estimate of drug-likeness (QED) is 0.653. The minimum Gasteiger partial charge on any atom is -0.383 e. The van der Waals surface area contributed by atoms with E-state index >= 15 is 0 Å². The van der Waals surface area contributed by atoms with Crippen molar-refractivity contribution in [2.75, 3.05) is 11.9 Å². The van der Waals surface area contributed by atoms with Crippen molar-refractivity contribution in [3.8, 4) is 0 Å². The average molecular weight is 315 g/mol. The van der Waals surface area contributed by atoms with Crippen molar-refractivity contribution in [3.05, 3.63) is 39.3 Å². The molecule has 7 heteroatoms. The number of benzene rings is 1. The minimum atomic E-state index is -0.734. The van der Waals surface area contributed by atoms with Gasteiger partial charge in [0.25, 0.3) is 0 Å². The van der Waals surface area contributed by atoms with E-state index in [4.69, 9.17) is 12.2 Å². The number of aromatic amines is 2. The fraction of sp³-hybridized carbons (Fsp3) is 0.200. The van der Waals surface area contributed by atoms with Crippen molar-refractivity contribution >= 4 is 33.8 Å². The Hall–Kier alpha value is -1.18. The lowest BCUT2D eigenvalue weighted by Crippen LogP contribution is -2.13. The predicted molar refractivity (Wildman–Crippen MR) is 71.4 cm³/mol. The lowest BCUT2D eigenvalue weighted by Gasteiger charge is -2.10. The number of nitrogens with one attached hydrogen (secondary N) is 3. The second-order valence-electron chi connectivity index (χ2n) is 3.47. The summed E-state index contributed by atoms with van der Waals surface area (Å²) in [4.78, 5) is 2.77. The van der Waals surface area contributed by atoms with Gasteiger partial charge >= 0.3 is 0 Å². The monoisotopic (exact) mass is 314 g/mol. The highest BCUT2D eigenvalue weighted by atomic mass is 79.9. The fourth-order valence-corrected chi connectivity index (χ4v) is 1.90. The van der Waals surface area contributed by atoms with Crippen molar-refractivity contribution < 1.29 is 5.11 Å². The average Bonchev–Trinajstić information content (AvgIpc) is 2.73. The summed E-state index contributed by atoms with van der Waals surface area (Å²) in [5.74, 6) is 0.428. The largest absolute Gasteiger partial charge is 0.383 e. The van der Waals surface area contributed by atoms with Crippen molar-refractivity contribution in [2.45, 2.75) is 6.10 Å². The summed E-state index contributed by atoms with van der Waals surface area (Å²) < 4.78 is 1.39. The molecule has 2 aromatic rings. The van der Waals surface area contributed by atoms with Gasteiger partial charge in [-0.25, -0.2) is 0 Å². The molecular weight excluding hydrogens is 304 g/mol. The summed E-state index contributed by atoms with van der Waals surface area (Å²) in [6.07, 6.45) is -0.734. The standard InChI is InChI=1S/C10H11BrN4OS/c11-6-2-1-3-7(4-6)12-5-8(16)9-13-10(17)15-14-9/h1-4,8,12,16H,5H2,(H2,13,14,15,17). The van der Waals surface area contributed by atoms with Crippen LogP contribution in [0.1, 0.15) is 11.9 Å². The van der Waals surface area contributed by atoms with E-state index in [0.29, 0.717) is 17.1 Å². The predicted octanol–water partition coefficient (Wildman–Crippen LogP) is 2.38. The third-order valence-corrected chi connectivity index (χ3v) is 2.85. The van der Waals surface area contributed by atoms with Crippen LogP contribution in [0, 0.1) is 4.77 Å². The molecule has 0 amide bonds. The molecule has 0 saturated carbocycles. The van der Waals surface area contributed by atoms with Gasteiger partial charge in [0.1, 0.15) is 6.10 Å². The molecule has 1 aromatic heterocycles. The summed E-state index contributed by atoms with van der Waals surface area (Å²) in [6, 6.07) is 7.71. The van der Waals surface area contributed by atoms with Crippen LogP contribution in [0.15, 0.2) is 28.7 Å². The Bertz CT molecular complexity index is 553. The Morgan fingerprint density at radius 3 is 3.00 bits per heavy atom. The van der Waals surface area contributed by atoms with Gasteiger partial charge in [0, 0.05) is 16.7 Å². The lowest BCUT2D eigenvalue weighted by molar-refractivity contribution is 0.182. The number of H-pyrrole nitrogens is 2. The number of aliphatic hydroxyl groups is 1. The number of aromatic nitrogens is 3. The SMILES string of the molecule is OC(CNc1cccc(Br)c1)c1n[nH]c(=S)[nH]1. The summed E-state index contributed by atoms with van der Waals surface area (Å²) >= 11 is 8.21. The zero-order valence-electron chi connectivity index (χ0n) is 8.77. The van der Waals surface area contributed by atoms with Crippen LogP contribution in [0.2, 0.25) is 0 Å². The van der Waals surface area contributed by atoms with Gasteiger partial charge in [-0.2, -0.15) is 5.10 Å². The topological polar surface area (TPSA) is 76.7 Å². The molecule has 1 heterocycles. The maximum absolute atomic E-state index is 9.83. The van der Waals surface area contributed by atoms with Gasteiger partial charge in [0.15, 0.2) is 10.6 Å². The third kappa shape index (κ3) is 3.39. The van der Waals surface area contributed by atoms with Crippen molar-refractivity contribution in [1.29, 1.82) is 0 Å². The van der Waals surface area contributed by atoms with Crippen LogP contribution >= 0.6 is 28.1 Å². The molecule has 0 aliphatic rings. The number of halogens is 1. The van der Waals surface area contributed by atoms with Crippen molar-refractivity contribution in [1.82, 2.24) is 15.2 Å². The van der Waals surface area contributed by atoms with E-state index in [9.17, 15) is 5.11 Å². The number of aliphatic hydroxyl groups excluding tert-OH is 1. The molecule has 0 spiro atoms. The Kier molecular flexibility index (Phi) is 3.93. The van der Waals surface area contributed by atoms with Gasteiger partial charge in [-0.1, -0.05) is 22.0 Å². The number of anilines is 1. The highest BCUT2D eigenvalue weighted by molar-refractivity contribution is 9.10. The number of nitrogens with zero attached hydrogens (tertiary/aromatic N) is 1. The van der Waals surface area contributed by atoms with Crippen LogP contribution < -0.4 is 5.32 Å². The van der Waals surface area contributed by atoms with E-state index in [1.54, 1.807) is 0 Å². The van der Waals surface area contributed by atoms with E-state index < -0.39 is 6.10 Å². The van der Waals surface area contributed by atoms with Gasteiger partial charge in [-0.05, 0) is 30.4 Å². The summed E-state index contributed by atoms with van der Waals surface area (Å²) in [7, 11) is 0. The summed E-state index contributed by atoms with van der Waals surface area (Å²) in [6.45, 7) is 0.354. The summed E-state index contributed by atoms with van der Waals surface area (Å²) in [5, 5.41) is 19.4. The summed E-state index contributed by atoms with van der Waals surface area (Å²) in [5.41, 5.74) is 0.924. The molecule has 90 valence electrons. The van der Waals surface area contributed by atoms with Crippen LogP contribution in [-0.4, -0.2) is 26.8 Å². The first-order valence-electron chi connectivity index (χ1n) is 4.97. The van der Waals surface area contributed by atoms with Gasteiger partial charge in [-0.3, -0.25) is 5.10 Å².